The summed E-state index contributed by atoms with van der Waals surface area (Å²) in [4.78, 5) is 0. The molecule has 0 atom stereocenters. The summed E-state index contributed by atoms with van der Waals surface area (Å²) in [5, 5.41) is 17.3. The first kappa shape index (κ1) is 12.3. The van der Waals surface area contributed by atoms with Crippen molar-refractivity contribution < 1.29 is 36.4 Å². The zero-order valence-corrected chi connectivity index (χ0v) is 8.16. The molecule has 0 unspecified atom stereocenters. The van der Waals surface area contributed by atoms with Crippen molar-refractivity contribution in [2.45, 2.75) is 0 Å². The average Bonchev–Trinajstić information content (AvgIpc) is 1.77. The molecule has 0 heterocycles. The summed E-state index contributed by atoms with van der Waals surface area (Å²) >= 11 is 0. The van der Waals surface area contributed by atoms with E-state index in [1.165, 1.54) is 12.1 Å². The Bertz CT molecular complexity index is 168. The van der Waals surface area contributed by atoms with Gasteiger partial charge < -0.3 is 10.2 Å². The number of hydrogen-bond donors (Lipinski definition) is 2. The molecule has 1 aromatic carbocycles. The molecule has 0 bridgehead atoms. The van der Waals surface area contributed by atoms with E-state index in [-0.39, 0.29) is 45.1 Å². The van der Waals surface area contributed by atoms with Crippen molar-refractivity contribution in [3.63, 3.8) is 0 Å². The van der Waals surface area contributed by atoms with Gasteiger partial charge >= 0.3 is 0 Å². The summed E-state index contributed by atoms with van der Waals surface area (Å²) in [6.45, 7) is 0. The molecule has 0 saturated heterocycles. The molecule has 10 heavy (non-hydrogen) atoms. The Labute approximate surface area is 79.6 Å². The fraction of sp³-hybridized carbons (Fsp3) is 0. The van der Waals surface area contributed by atoms with E-state index >= 15 is 0 Å². The van der Waals surface area contributed by atoms with Crippen LogP contribution in [-0.2, 0) is 26.2 Å². The van der Waals surface area contributed by atoms with Crippen LogP contribution < -0.4 is 0 Å². The minimum Gasteiger partial charge on any atom is -0.504 e. The standard InChI is InChI=1S/C6H6O2.CH3.Zr/c7-5-3-1-2-4-6(5)8;;/h1-4,7-8H;1H3;/q;+1;. The maximum atomic E-state index is 8.67. The van der Waals surface area contributed by atoms with Gasteiger partial charge in [0.05, 0.1) is 0 Å². The molecule has 0 radical (unpaired) electrons. The number of hydrogen-bond acceptors (Lipinski definition) is 2. The van der Waals surface area contributed by atoms with Crippen LogP contribution in [0.2, 0.25) is 0 Å². The molecule has 0 amide bonds. The van der Waals surface area contributed by atoms with E-state index in [4.69, 9.17) is 10.2 Å². The van der Waals surface area contributed by atoms with Crippen LogP contribution in [0.1, 0.15) is 0 Å². The maximum absolute atomic E-state index is 8.67. The van der Waals surface area contributed by atoms with Crippen LogP contribution >= 0.6 is 0 Å². The molecule has 0 spiro atoms. The minimum atomic E-state index is -0.0764. The molecule has 0 fully saturated rings. The van der Waals surface area contributed by atoms with Crippen molar-refractivity contribution in [3.05, 3.63) is 31.7 Å². The second kappa shape index (κ2) is 5.37. The largest absolute Gasteiger partial charge is 0.504 e. The molecule has 0 aliphatic rings. The van der Waals surface area contributed by atoms with Gasteiger partial charge in [-0.25, -0.2) is 0 Å². The molecule has 0 aliphatic carbocycles. The number of para-hydroxylation sites is 2. The normalized spacial score (nSPS) is 7.20. The molecular weight excluding hydrogens is 207 g/mol. The van der Waals surface area contributed by atoms with Crippen molar-refractivity contribution in [2.75, 3.05) is 0 Å². The van der Waals surface area contributed by atoms with Crippen molar-refractivity contribution in [1.82, 2.24) is 0 Å². The Morgan fingerprint density at radius 2 is 1.20 bits per heavy atom. The van der Waals surface area contributed by atoms with E-state index < -0.39 is 0 Å². The monoisotopic (exact) mass is 215 g/mol. The Hall–Kier alpha value is -0.427. The third-order valence-electron chi connectivity index (χ3n) is 0.882. The first-order chi connectivity index (χ1) is 3.80. The topological polar surface area (TPSA) is 40.5 Å². The van der Waals surface area contributed by atoms with Gasteiger partial charge in [0.1, 0.15) is 0 Å². The molecule has 1 aromatic rings. The summed E-state index contributed by atoms with van der Waals surface area (Å²) < 4.78 is 0. The summed E-state index contributed by atoms with van der Waals surface area (Å²) in [5.41, 5.74) is 0. The maximum Gasteiger partial charge on any atom is 0.157 e. The van der Waals surface area contributed by atoms with Crippen LogP contribution in [0.25, 0.3) is 0 Å². The molecule has 0 saturated carbocycles. The first-order valence-corrected chi connectivity index (χ1v) is 2.27. The SMILES string of the molecule is Oc1ccccc1O.[CH3+].[Zr]. The van der Waals surface area contributed by atoms with Crippen molar-refractivity contribution in [3.8, 4) is 11.5 Å². The predicted octanol–water partition coefficient (Wildman–Crippen LogP) is 1.55. The quantitative estimate of drug-likeness (QED) is 0.510. The van der Waals surface area contributed by atoms with Crippen LogP contribution in [-0.4, -0.2) is 10.2 Å². The zero-order valence-electron chi connectivity index (χ0n) is 5.70. The summed E-state index contributed by atoms with van der Waals surface area (Å²) in [6, 6.07) is 6.15. The van der Waals surface area contributed by atoms with E-state index in [0.717, 1.165) is 0 Å². The second-order valence-corrected chi connectivity index (χ2v) is 1.49. The zero-order chi connectivity index (χ0) is 5.98. The molecule has 52 valence electrons. The number of phenols is 2. The Kier molecular flexibility index (Phi) is 6.58. The van der Waals surface area contributed by atoms with E-state index in [0.29, 0.717) is 0 Å². The van der Waals surface area contributed by atoms with Gasteiger partial charge in [0.25, 0.3) is 0 Å². The first-order valence-electron chi connectivity index (χ1n) is 2.27. The Morgan fingerprint density at radius 3 is 1.40 bits per heavy atom. The molecule has 0 aliphatic heterocycles. The fourth-order valence-electron chi connectivity index (χ4n) is 0.464. The number of rotatable bonds is 0. The van der Waals surface area contributed by atoms with Gasteiger partial charge in [-0.2, -0.15) is 0 Å². The van der Waals surface area contributed by atoms with Gasteiger partial charge in [-0.3, -0.25) is 0 Å². The molecule has 2 N–H and O–H groups in total. The third-order valence-corrected chi connectivity index (χ3v) is 0.882. The summed E-state index contributed by atoms with van der Waals surface area (Å²) in [5.74, 6) is -0.153. The molecular formula is C7H9O2Zr+. The van der Waals surface area contributed by atoms with Gasteiger partial charge in [-0.15, -0.1) is 0 Å². The minimum absolute atomic E-state index is 0. The van der Waals surface area contributed by atoms with Crippen LogP contribution in [0.3, 0.4) is 0 Å². The predicted molar refractivity (Wildman–Crippen MR) is 36.2 cm³/mol. The van der Waals surface area contributed by atoms with Crippen molar-refractivity contribution >= 4 is 0 Å². The smallest absolute Gasteiger partial charge is 0.157 e. The summed E-state index contributed by atoms with van der Waals surface area (Å²) in [7, 11) is 0. The molecule has 3 heteroatoms. The van der Waals surface area contributed by atoms with Gasteiger partial charge in [0, 0.05) is 33.6 Å². The van der Waals surface area contributed by atoms with Crippen LogP contribution in [0, 0.1) is 7.43 Å². The van der Waals surface area contributed by atoms with Gasteiger partial charge in [0.2, 0.25) is 0 Å². The van der Waals surface area contributed by atoms with E-state index in [9.17, 15) is 0 Å². The number of benzene rings is 1. The van der Waals surface area contributed by atoms with E-state index in [1.54, 1.807) is 12.1 Å². The van der Waals surface area contributed by atoms with Crippen molar-refractivity contribution in [2.24, 2.45) is 0 Å². The fourth-order valence-corrected chi connectivity index (χ4v) is 0.464. The Morgan fingerprint density at radius 1 is 0.900 bits per heavy atom. The van der Waals surface area contributed by atoms with Gasteiger partial charge in [0.15, 0.2) is 11.5 Å². The van der Waals surface area contributed by atoms with E-state index in [1.807, 2.05) is 0 Å². The molecule has 1 rings (SSSR count). The number of phenolic OH excluding ortho intramolecular Hbond substituents is 2. The van der Waals surface area contributed by atoms with Gasteiger partial charge in [-0.1, -0.05) is 12.1 Å². The molecule has 2 nitrogen and oxygen atoms in total. The molecule has 0 aromatic heterocycles. The van der Waals surface area contributed by atoms with Crippen LogP contribution in [0.15, 0.2) is 24.3 Å². The van der Waals surface area contributed by atoms with Crippen LogP contribution in [0.4, 0.5) is 0 Å². The average molecular weight is 216 g/mol. The Balaban J connectivity index is 0. The van der Waals surface area contributed by atoms with Crippen LogP contribution in [0.5, 0.6) is 11.5 Å². The summed E-state index contributed by atoms with van der Waals surface area (Å²) in [6.07, 6.45) is 0. The van der Waals surface area contributed by atoms with E-state index in [2.05, 4.69) is 0 Å². The van der Waals surface area contributed by atoms with Gasteiger partial charge in [-0.05, 0) is 12.1 Å². The third kappa shape index (κ3) is 2.93. The second-order valence-electron chi connectivity index (χ2n) is 1.49. The number of aromatic hydroxyl groups is 2. The van der Waals surface area contributed by atoms with Crippen molar-refractivity contribution in [1.29, 1.82) is 0 Å².